The molecule has 2 aromatic heterocycles. The van der Waals surface area contributed by atoms with Crippen molar-refractivity contribution in [2.24, 2.45) is 0 Å². The van der Waals surface area contributed by atoms with Gasteiger partial charge in [-0.05, 0) is 54.8 Å². The van der Waals surface area contributed by atoms with Crippen molar-refractivity contribution in [2.75, 3.05) is 6.54 Å². The molecular formula is C24H20F3N3O3. The zero-order valence-corrected chi connectivity index (χ0v) is 17.9. The van der Waals surface area contributed by atoms with Crippen LogP contribution >= 0.6 is 0 Å². The van der Waals surface area contributed by atoms with Crippen molar-refractivity contribution in [3.05, 3.63) is 76.2 Å². The Balaban J connectivity index is 1.74. The molecular weight excluding hydrogens is 435 g/mol. The van der Waals surface area contributed by atoms with Crippen molar-refractivity contribution in [2.45, 2.75) is 26.4 Å². The molecule has 33 heavy (non-hydrogen) atoms. The summed E-state index contributed by atoms with van der Waals surface area (Å²) in [6.45, 7) is 4.25. The Kier molecular flexibility index (Phi) is 5.80. The molecule has 3 aromatic rings. The molecule has 4 rings (SSSR count). The highest BCUT2D eigenvalue weighted by atomic mass is 19.4. The van der Waals surface area contributed by atoms with Gasteiger partial charge in [0, 0.05) is 24.7 Å². The van der Waals surface area contributed by atoms with Crippen molar-refractivity contribution in [1.29, 1.82) is 0 Å². The van der Waals surface area contributed by atoms with Crippen LogP contribution in [0.4, 0.5) is 13.2 Å². The highest BCUT2D eigenvalue weighted by Crippen LogP contribution is 2.29. The molecule has 0 bridgehead atoms. The van der Waals surface area contributed by atoms with Crippen LogP contribution in [-0.2, 0) is 11.2 Å². The fourth-order valence-electron chi connectivity index (χ4n) is 3.62. The Morgan fingerprint density at radius 1 is 1.18 bits per heavy atom. The summed E-state index contributed by atoms with van der Waals surface area (Å²) in [5.74, 6) is -2.80. The molecule has 170 valence electrons. The number of nitrogens with one attached hydrogen (secondary N) is 1. The molecule has 0 atom stereocenters. The minimum atomic E-state index is -5.18. The lowest BCUT2D eigenvalue weighted by Gasteiger charge is -2.17. The van der Waals surface area contributed by atoms with Crippen molar-refractivity contribution in [3.8, 4) is 11.3 Å². The van der Waals surface area contributed by atoms with Gasteiger partial charge in [0.2, 0.25) is 0 Å². The van der Waals surface area contributed by atoms with Crippen molar-refractivity contribution >= 4 is 24.0 Å². The predicted molar refractivity (Wildman–Crippen MR) is 116 cm³/mol. The maximum Gasteiger partial charge on any atom is 0.493 e. The number of rotatable bonds is 4. The van der Waals surface area contributed by atoms with E-state index in [4.69, 9.17) is 0 Å². The van der Waals surface area contributed by atoms with Crippen LogP contribution < -0.4 is 10.2 Å². The van der Waals surface area contributed by atoms with Gasteiger partial charge in [-0.1, -0.05) is 24.3 Å². The number of hydrogen-bond acceptors (Lipinski definition) is 4. The second-order valence-corrected chi connectivity index (χ2v) is 7.66. The van der Waals surface area contributed by atoms with Gasteiger partial charge >= 0.3 is 12.1 Å². The van der Waals surface area contributed by atoms with Gasteiger partial charge in [-0.15, -0.1) is 0 Å². The molecule has 1 aliphatic heterocycles. The van der Waals surface area contributed by atoms with Gasteiger partial charge in [-0.2, -0.15) is 17.9 Å². The molecule has 0 fully saturated rings. The second kappa shape index (κ2) is 8.57. The molecule has 0 unspecified atom stereocenters. The third kappa shape index (κ3) is 4.52. The van der Waals surface area contributed by atoms with E-state index < -0.39 is 18.1 Å². The molecule has 1 amide bonds. The largest absolute Gasteiger partial charge is 0.493 e. The summed E-state index contributed by atoms with van der Waals surface area (Å²) in [6, 6.07) is 10.6. The number of carbonyl (C=O) groups is 2. The molecule has 6 nitrogen and oxygen atoms in total. The number of nitrogens with zero attached hydrogens (tertiary/aromatic N) is 2. The fourth-order valence-corrected chi connectivity index (χ4v) is 3.62. The number of halogens is 3. The van der Waals surface area contributed by atoms with Crippen molar-refractivity contribution in [1.82, 2.24) is 15.0 Å². The Hall–Kier alpha value is -3.88. The van der Waals surface area contributed by atoms with E-state index in [-0.39, 0.29) is 29.9 Å². The van der Waals surface area contributed by atoms with Gasteiger partial charge in [0.05, 0.1) is 22.6 Å². The van der Waals surface area contributed by atoms with E-state index in [0.29, 0.717) is 11.3 Å². The molecule has 0 saturated heterocycles. The van der Waals surface area contributed by atoms with Crippen LogP contribution in [0.25, 0.3) is 23.4 Å². The van der Waals surface area contributed by atoms with E-state index in [2.05, 4.69) is 15.1 Å². The third-order valence-corrected chi connectivity index (χ3v) is 5.51. The van der Waals surface area contributed by atoms with E-state index >= 15 is 0 Å². The van der Waals surface area contributed by atoms with E-state index in [9.17, 15) is 22.8 Å². The summed E-state index contributed by atoms with van der Waals surface area (Å²) in [7, 11) is 0. The molecule has 1 N–H and O–H groups in total. The topological polar surface area (TPSA) is 73.2 Å². The first-order valence-electron chi connectivity index (χ1n) is 10.2. The number of hydrogen-bond donors (Lipinski definition) is 1. The lowest BCUT2D eigenvalue weighted by molar-refractivity contribution is -0.199. The number of carbonyl (C=O) groups excluding carboxylic acids is 2. The minimum Gasteiger partial charge on any atom is -0.352 e. The Bertz CT molecular complexity index is 1280. The minimum absolute atomic E-state index is 0.151. The maximum absolute atomic E-state index is 12.9. The number of amides is 1. The van der Waals surface area contributed by atoms with E-state index in [1.807, 2.05) is 38.1 Å². The van der Waals surface area contributed by atoms with E-state index in [0.717, 1.165) is 21.4 Å². The number of aryl methyl sites for hydroxylation is 1. The highest BCUT2D eigenvalue weighted by Gasteiger charge is 2.43. The standard InChI is InChI=1S/C24H20F3N3O3/c1-14-4-3-5-16(15(14)2)6-7-18-12-17(8-10-28-18)21-13-19-20(9-11-29-22(19)31)30(21)33-23(32)24(25,26)27/h3-8,10,12-13H,9,11H2,1-2H3,(H,29,31). The van der Waals surface area contributed by atoms with Gasteiger partial charge in [-0.3, -0.25) is 9.78 Å². The first kappa shape index (κ1) is 22.3. The van der Waals surface area contributed by atoms with Gasteiger partial charge in [0.1, 0.15) is 0 Å². The summed E-state index contributed by atoms with van der Waals surface area (Å²) >= 11 is 0. The number of alkyl halides is 3. The third-order valence-electron chi connectivity index (χ3n) is 5.51. The number of benzene rings is 1. The van der Waals surface area contributed by atoms with Gasteiger partial charge in [-0.25, -0.2) is 4.79 Å². The monoisotopic (exact) mass is 455 g/mol. The molecule has 1 aliphatic rings. The lowest BCUT2D eigenvalue weighted by atomic mass is 10.0. The fraction of sp³-hybridized carbons (Fsp3) is 0.208. The number of aromatic nitrogens is 2. The second-order valence-electron chi connectivity index (χ2n) is 7.66. The van der Waals surface area contributed by atoms with E-state index in [1.54, 1.807) is 18.2 Å². The smallest absolute Gasteiger partial charge is 0.352 e. The summed E-state index contributed by atoms with van der Waals surface area (Å²) in [5.41, 5.74) is 4.79. The Morgan fingerprint density at radius 3 is 2.73 bits per heavy atom. The average molecular weight is 455 g/mol. The van der Waals surface area contributed by atoms with E-state index in [1.165, 1.54) is 12.3 Å². The Morgan fingerprint density at radius 2 is 1.97 bits per heavy atom. The average Bonchev–Trinajstić information content (AvgIpc) is 3.14. The molecule has 0 aliphatic carbocycles. The zero-order valence-electron chi connectivity index (χ0n) is 17.9. The number of pyridine rings is 1. The summed E-state index contributed by atoms with van der Waals surface area (Å²) < 4.78 is 39.5. The molecule has 9 heteroatoms. The van der Waals surface area contributed by atoms with Gasteiger partial charge in [0.25, 0.3) is 5.91 Å². The number of fused-ring (bicyclic) bond motifs is 1. The molecule has 0 spiro atoms. The van der Waals surface area contributed by atoms with Crippen LogP contribution in [0.1, 0.15) is 38.4 Å². The van der Waals surface area contributed by atoms with Crippen LogP contribution in [-0.4, -0.2) is 34.3 Å². The maximum atomic E-state index is 12.9. The summed E-state index contributed by atoms with van der Waals surface area (Å²) in [5, 5.41) is 2.63. The molecule has 0 radical (unpaired) electrons. The van der Waals surface area contributed by atoms with Crippen LogP contribution in [0.5, 0.6) is 0 Å². The lowest BCUT2D eigenvalue weighted by Crippen LogP contribution is -2.37. The summed E-state index contributed by atoms with van der Waals surface area (Å²) in [6.07, 6.45) is 0.225. The van der Waals surface area contributed by atoms with Crippen molar-refractivity contribution < 1.29 is 27.6 Å². The highest BCUT2D eigenvalue weighted by molar-refractivity contribution is 5.98. The van der Waals surface area contributed by atoms with Crippen LogP contribution in [0, 0.1) is 13.8 Å². The molecule has 0 saturated carbocycles. The molecule has 3 heterocycles. The quantitative estimate of drug-likeness (QED) is 0.642. The first-order valence-corrected chi connectivity index (χ1v) is 10.2. The van der Waals surface area contributed by atoms with Crippen LogP contribution in [0.15, 0.2) is 42.6 Å². The van der Waals surface area contributed by atoms with Gasteiger partial charge < -0.3 is 10.2 Å². The van der Waals surface area contributed by atoms with Crippen LogP contribution in [0.2, 0.25) is 0 Å². The van der Waals surface area contributed by atoms with Crippen molar-refractivity contribution in [3.63, 3.8) is 0 Å². The Labute approximate surface area is 187 Å². The summed E-state index contributed by atoms with van der Waals surface area (Å²) in [4.78, 5) is 32.8. The predicted octanol–water partition coefficient (Wildman–Crippen LogP) is 4.14. The SMILES string of the molecule is Cc1cccc(C=Cc2cc(-c3cc4c(n3OC(=O)C(F)(F)F)CCNC4=O)ccn2)c1C. The zero-order chi connectivity index (χ0) is 23.8. The normalized spacial score (nSPS) is 13.7. The van der Waals surface area contributed by atoms with Crippen LogP contribution in [0.3, 0.4) is 0 Å². The first-order chi connectivity index (χ1) is 15.6. The molecule has 1 aromatic carbocycles. The van der Waals surface area contributed by atoms with Gasteiger partial charge in [0.15, 0.2) is 0 Å².